The Morgan fingerprint density at radius 2 is 1.59 bits per heavy atom. The second-order valence-electron chi connectivity index (χ2n) is 6.09. The molecular formula is C22H19ClN3O+. The maximum Gasteiger partial charge on any atom is 0.279 e. The Labute approximate surface area is 163 Å². The third-order valence-electron chi connectivity index (χ3n) is 4.23. The van der Waals surface area contributed by atoms with E-state index in [0.717, 1.165) is 11.1 Å². The molecule has 0 saturated heterocycles. The van der Waals surface area contributed by atoms with Crippen molar-refractivity contribution in [1.29, 1.82) is 5.26 Å². The predicted molar refractivity (Wildman–Crippen MR) is 106 cm³/mol. The summed E-state index contributed by atoms with van der Waals surface area (Å²) in [5, 5.41) is 14.4. The summed E-state index contributed by atoms with van der Waals surface area (Å²) in [6.07, 6.45) is 0. The van der Waals surface area contributed by atoms with E-state index < -0.39 is 0 Å². The number of carbonyl (C=O) groups is 1. The molecule has 3 aromatic rings. The molecule has 3 rings (SSSR count). The van der Waals surface area contributed by atoms with E-state index in [0.29, 0.717) is 16.3 Å². The minimum atomic E-state index is -0.189. The maximum absolute atomic E-state index is 12.5. The fourth-order valence-corrected chi connectivity index (χ4v) is 3.10. The average molecular weight is 377 g/mol. The van der Waals surface area contributed by atoms with E-state index in [2.05, 4.69) is 35.7 Å². The maximum atomic E-state index is 12.5. The zero-order chi connectivity index (χ0) is 19.1. The number of benzene rings is 3. The quantitative estimate of drug-likeness (QED) is 0.691. The molecule has 0 spiro atoms. The van der Waals surface area contributed by atoms with Crippen LogP contribution >= 0.6 is 11.6 Å². The van der Waals surface area contributed by atoms with E-state index in [1.54, 1.807) is 18.2 Å². The van der Waals surface area contributed by atoms with Gasteiger partial charge in [-0.1, -0.05) is 72.3 Å². The summed E-state index contributed by atoms with van der Waals surface area (Å²) in [5.41, 5.74) is 3.06. The zero-order valence-electron chi connectivity index (χ0n) is 14.6. The van der Waals surface area contributed by atoms with Crippen LogP contribution in [0.25, 0.3) is 0 Å². The predicted octanol–water partition coefficient (Wildman–Crippen LogP) is 3.50. The van der Waals surface area contributed by atoms with Crippen LogP contribution < -0.4 is 10.6 Å². The lowest BCUT2D eigenvalue weighted by Gasteiger charge is -2.16. The normalized spacial score (nSPS) is 10.4. The van der Waals surface area contributed by atoms with Crippen molar-refractivity contribution in [1.82, 2.24) is 0 Å². The molecule has 0 fully saturated rings. The molecule has 0 heterocycles. The van der Waals surface area contributed by atoms with Gasteiger partial charge in [-0.3, -0.25) is 4.79 Å². The summed E-state index contributed by atoms with van der Waals surface area (Å²) in [4.78, 5) is 12.5. The van der Waals surface area contributed by atoms with Crippen LogP contribution in [0.5, 0.6) is 0 Å². The Kier molecular flexibility index (Phi) is 6.22. The fourth-order valence-electron chi connectivity index (χ4n) is 2.93. The topological polar surface area (TPSA) is 69.5 Å². The van der Waals surface area contributed by atoms with E-state index in [1.165, 1.54) is 0 Å². The first-order valence-electron chi connectivity index (χ1n) is 8.60. The van der Waals surface area contributed by atoms with Gasteiger partial charge in [0, 0.05) is 16.1 Å². The second kappa shape index (κ2) is 9.00. The minimum Gasteiger partial charge on any atom is -0.328 e. The highest BCUT2D eigenvalue weighted by molar-refractivity contribution is 6.31. The number of nitrogens with one attached hydrogen (secondary N) is 1. The molecule has 0 aliphatic heterocycles. The van der Waals surface area contributed by atoms with Crippen molar-refractivity contribution in [2.75, 3.05) is 11.9 Å². The van der Waals surface area contributed by atoms with Crippen LogP contribution in [0.2, 0.25) is 5.02 Å². The molecule has 1 amide bonds. The van der Waals surface area contributed by atoms with Crippen LogP contribution in [0.3, 0.4) is 0 Å². The lowest BCUT2D eigenvalue weighted by atomic mass is 9.99. The van der Waals surface area contributed by atoms with Crippen LogP contribution in [0.4, 0.5) is 5.69 Å². The third kappa shape index (κ3) is 4.95. The van der Waals surface area contributed by atoms with Gasteiger partial charge in [-0.2, -0.15) is 5.26 Å². The molecule has 0 aliphatic carbocycles. The number of halogens is 1. The van der Waals surface area contributed by atoms with Crippen LogP contribution in [0.15, 0.2) is 78.9 Å². The number of carbonyl (C=O) groups excluding carboxylic acids is 1. The molecule has 0 atom stereocenters. The van der Waals surface area contributed by atoms with Crippen LogP contribution in [0.1, 0.15) is 22.7 Å². The number of rotatable bonds is 6. The molecule has 0 radical (unpaired) electrons. The van der Waals surface area contributed by atoms with Gasteiger partial charge in [0.2, 0.25) is 0 Å². The van der Waals surface area contributed by atoms with Crippen LogP contribution in [-0.4, -0.2) is 12.5 Å². The third-order valence-corrected chi connectivity index (χ3v) is 4.47. The van der Waals surface area contributed by atoms with Crippen molar-refractivity contribution < 1.29 is 10.1 Å². The number of quaternary nitrogens is 1. The summed E-state index contributed by atoms with van der Waals surface area (Å²) < 4.78 is 0. The molecule has 0 unspecified atom stereocenters. The first-order chi connectivity index (χ1) is 13.2. The smallest absolute Gasteiger partial charge is 0.279 e. The Bertz CT molecular complexity index is 913. The lowest BCUT2D eigenvalue weighted by Crippen LogP contribution is -2.87. The summed E-state index contributed by atoms with van der Waals surface area (Å²) in [6.45, 7) is 0.214. The van der Waals surface area contributed by atoms with E-state index in [1.807, 2.05) is 41.7 Å². The minimum absolute atomic E-state index is 0.00736. The molecule has 3 N–H and O–H groups in total. The summed E-state index contributed by atoms with van der Waals surface area (Å²) in [7, 11) is 0. The Morgan fingerprint density at radius 1 is 1.00 bits per heavy atom. The molecule has 0 aliphatic rings. The van der Waals surface area contributed by atoms with Crippen LogP contribution in [-0.2, 0) is 4.79 Å². The number of hydrogen-bond donors (Lipinski definition) is 2. The summed E-state index contributed by atoms with van der Waals surface area (Å²) in [6, 6.07) is 27.0. The number of anilines is 1. The molecule has 0 saturated carbocycles. The van der Waals surface area contributed by atoms with Gasteiger partial charge in [0.05, 0.1) is 11.3 Å². The van der Waals surface area contributed by atoms with Gasteiger partial charge in [-0.05, 0) is 18.2 Å². The van der Waals surface area contributed by atoms with Crippen molar-refractivity contribution >= 4 is 23.2 Å². The molecule has 5 heteroatoms. The highest BCUT2D eigenvalue weighted by atomic mass is 35.5. The van der Waals surface area contributed by atoms with Gasteiger partial charge in [0.25, 0.3) is 5.91 Å². The van der Waals surface area contributed by atoms with E-state index >= 15 is 0 Å². The molecule has 3 aromatic carbocycles. The number of nitrogens with two attached hydrogens (primary N) is 1. The molecular weight excluding hydrogens is 358 g/mol. The zero-order valence-corrected chi connectivity index (χ0v) is 15.4. The first kappa shape index (κ1) is 18.7. The molecule has 27 heavy (non-hydrogen) atoms. The molecule has 134 valence electrons. The van der Waals surface area contributed by atoms with Crippen molar-refractivity contribution in [3.63, 3.8) is 0 Å². The number of hydrogen-bond acceptors (Lipinski definition) is 2. The van der Waals surface area contributed by atoms with Gasteiger partial charge in [0.15, 0.2) is 6.54 Å². The standard InChI is InChI=1S/C22H18ClN3O/c23-19-12-11-18(14-24)20(13-19)26-21(27)15-25-22(16-7-3-1-4-8-16)17-9-5-2-6-10-17/h1-13,22,25H,15H2,(H,26,27)/p+1. The van der Waals surface area contributed by atoms with Crippen molar-refractivity contribution in [2.24, 2.45) is 0 Å². The first-order valence-corrected chi connectivity index (χ1v) is 8.98. The van der Waals surface area contributed by atoms with Gasteiger partial charge in [-0.25, -0.2) is 0 Å². The lowest BCUT2D eigenvalue weighted by molar-refractivity contribution is -0.676. The average Bonchev–Trinajstić information content (AvgIpc) is 2.70. The number of amides is 1. The van der Waals surface area contributed by atoms with Gasteiger partial charge < -0.3 is 10.6 Å². The monoisotopic (exact) mass is 376 g/mol. The number of nitrogens with zero attached hydrogens (tertiary/aromatic N) is 1. The molecule has 0 bridgehead atoms. The highest BCUT2D eigenvalue weighted by Gasteiger charge is 2.19. The van der Waals surface area contributed by atoms with Crippen molar-refractivity contribution in [3.05, 3.63) is 101 Å². The Balaban J connectivity index is 1.74. The van der Waals surface area contributed by atoms with Crippen molar-refractivity contribution in [3.8, 4) is 6.07 Å². The molecule has 4 nitrogen and oxygen atoms in total. The summed E-state index contributed by atoms with van der Waals surface area (Å²) >= 11 is 5.98. The summed E-state index contributed by atoms with van der Waals surface area (Å²) in [5.74, 6) is -0.189. The van der Waals surface area contributed by atoms with Gasteiger partial charge in [0.1, 0.15) is 12.1 Å². The Morgan fingerprint density at radius 3 is 2.15 bits per heavy atom. The van der Waals surface area contributed by atoms with E-state index in [-0.39, 0.29) is 18.5 Å². The van der Waals surface area contributed by atoms with E-state index in [9.17, 15) is 10.1 Å². The SMILES string of the molecule is N#Cc1ccc(Cl)cc1NC(=O)C[NH2+]C(c1ccccc1)c1ccccc1. The van der Waals surface area contributed by atoms with Gasteiger partial charge in [-0.15, -0.1) is 0 Å². The highest BCUT2D eigenvalue weighted by Crippen LogP contribution is 2.20. The van der Waals surface area contributed by atoms with Crippen molar-refractivity contribution in [2.45, 2.75) is 6.04 Å². The van der Waals surface area contributed by atoms with Crippen LogP contribution in [0, 0.1) is 11.3 Å². The Hall–Kier alpha value is -3.13. The molecule has 0 aromatic heterocycles. The second-order valence-corrected chi connectivity index (χ2v) is 6.53. The van der Waals surface area contributed by atoms with E-state index in [4.69, 9.17) is 11.6 Å². The number of nitriles is 1. The largest absolute Gasteiger partial charge is 0.328 e. The van der Waals surface area contributed by atoms with Gasteiger partial charge >= 0.3 is 0 Å². The fraction of sp³-hybridized carbons (Fsp3) is 0.0909.